The predicted molar refractivity (Wildman–Crippen MR) is 49.8 cm³/mol. The molecule has 76 valence electrons. The SMILES string of the molecule is COOc1ccccc1CC(=O)OC. The fraction of sp³-hybridized carbons (Fsp3) is 0.300. The number of methoxy groups -OCH3 is 1. The molecule has 0 aliphatic rings. The normalized spacial score (nSPS) is 9.57. The molecule has 0 fully saturated rings. The van der Waals surface area contributed by atoms with Crippen LogP contribution in [-0.4, -0.2) is 20.2 Å². The van der Waals surface area contributed by atoms with Gasteiger partial charge in [-0.3, -0.25) is 4.79 Å². The van der Waals surface area contributed by atoms with E-state index in [4.69, 9.17) is 4.89 Å². The molecule has 1 rings (SSSR count). The number of benzene rings is 1. The van der Waals surface area contributed by atoms with Crippen molar-refractivity contribution in [1.82, 2.24) is 0 Å². The summed E-state index contributed by atoms with van der Waals surface area (Å²) in [5, 5.41) is 0. The van der Waals surface area contributed by atoms with Gasteiger partial charge in [0.2, 0.25) is 0 Å². The zero-order valence-electron chi connectivity index (χ0n) is 8.15. The first kappa shape index (κ1) is 10.5. The molecule has 0 unspecified atom stereocenters. The molecule has 0 bridgehead atoms. The topological polar surface area (TPSA) is 44.8 Å². The Morgan fingerprint density at radius 3 is 2.64 bits per heavy atom. The van der Waals surface area contributed by atoms with Crippen molar-refractivity contribution in [3.05, 3.63) is 29.8 Å². The van der Waals surface area contributed by atoms with Crippen LogP contribution in [0.2, 0.25) is 0 Å². The molecule has 14 heavy (non-hydrogen) atoms. The van der Waals surface area contributed by atoms with Crippen molar-refractivity contribution in [3.8, 4) is 5.75 Å². The van der Waals surface area contributed by atoms with Gasteiger partial charge in [-0.1, -0.05) is 18.2 Å². The molecular weight excluding hydrogens is 184 g/mol. The minimum atomic E-state index is -0.308. The quantitative estimate of drug-likeness (QED) is 0.414. The van der Waals surface area contributed by atoms with Crippen molar-refractivity contribution in [3.63, 3.8) is 0 Å². The van der Waals surface area contributed by atoms with E-state index < -0.39 is 0 Å². The maximum atomic E-state index is 11.0. The summed E-state index contributed by atoms with van der Waals surface area (Å²) < 4.78 is 4.55. The third kappa shape index (κ3) is 2.74. The van der Waals surface area contributed by atoms with Gasteiger partial charge in [-0.2, -0.15) is 4.89 Å². The molecule has 1 aromatic carbocycles. The van der Waals surface area contributed by atoms with E-state index in [1.54, 1.807) is 18.2 Å². The molecule has 0 saturated carbocycles. The van der Waals surface area contributed by atoms with Gasteiger partial charge >= 0.3 is 5.97 Å². The van der Waals surface area contributed by atoms with Crippen LogP contribution in [0, 0.1) is 0 Å². The van der Waals surface area contributed by atoms with Crippen LogP contribution in [0.1, 0.15) is 5.56 Å². The van der Waals surface area contributed by atoms with Gasteiger partial charge in [-0.05, 0) is 6.07 Å². The Kier molecular flexibility index (Phi) is 3.94. The predicted octanol–water partition coefficient (Wildman–Crippen LogP) is 1.34. The van der Waals surface area contributed by atoms with Gasteiger partial charge in [0.15, 0.2) is 5.75 Å². The summed E-state index contributed by atoms with van der Waals surface area (Å²) >= 11 is 0. The zero-order valence-corrected chi connectivity index (χ0v) is 8.15. The summed E-state index contributed by atoms with van der Waals surface area (Å²) in [5.74, 6) is 0.220. The minimum Gasteiger partial charge on any atom is -0.469 e. The summed E-state index contributed by atoms with van der Waals surface area (Å²) in [6, 6.07) is 7.13. The third-order valence-corrected chi connectivity index (χ3v) is 1.71. The Morgan fingerprint density at radius 1 is 1.29 bits per heavy atom. The number of para-hydroxylation sites is 1. The second kappa shape index (κ2) is 5.24. The molecule has 0 spiro atoms. The highest BCUT2D eigenvalue weighted by Gasteiger charge is 2.08. The molecule has 4 heteroatoms. The number of hydrogen-bond acceptors (Lipinski definition) is 4. The number of carbonyl (C=O) groups excluding carboxylic acids is 1. The van der Waals surface area contributed by atoms with E-state index >= 15 is 0 Å². The molecule has 0 aliphatic carbocycles. The maximum Gasteiger partial charge on any atom is 0.310 e. The lowest BCUT2D eigenvalue weighted by Crippen LogP contribution is -2.06. The van der Waals surface area contributed by atoms with E-state index in [1.807, 2.05) is 6.07 Å². The first-order valence-electron chi connectivity index (χ1n) is 4.13. The number of esters is 1. The van der Waals surface area contributed by atoms with Gasteiger partial charge in [-0.25, -0.2) is 0 Å². The largest absolute Gasteiger partial charge is 0.469 e. The highest BCUT2D eigenvalue weighted by molar-refractivity contribution is 5.73. The summed E-state index contributed by atoms with van der Waals surface area (Å²) in [7, 11) is 2.76. The number of hydrogen-bond donors (Lipinski definition) is 0. The van der Waals surface area contributed by atoms with E-state index in [2.05, 4.69) is 9.62 Å². The minimum absolute atomic E-state index is 0.177. The van der Waals surface area contributed by atoms with Gasteiger partial charge in [0.1, 0.15) is 0 Å². The highest BCUT2D eigenvalue weighted by atomic mass is 17.2. The van der Waals surface area contributed by atoms with Crippen LogP contribution >= 0.6 is 0 Å². The second-order valence-corrected chi connectivity index (χ2v) is 2.61. The van der Waals surface area contributed by atoms with Crippen LogP contribution in [0.4, 0.5) is 0 Å². The maximum absolute atomic E-state index is 11.0. The van der Waals surface area contributed by atoms with Crippen molar-refractivity contribution in [2.24, 2.45) is 0 Å². The lowest BCUT2D eigenvalue weighted by atomic mass is 10.1. The highest BCUT2D eigenvalue weighted by Crippen LogP contribution is 2.18. The van der Waals surface area contributed by atoms with Crippen molar-refractivity contribution < 1.29 is 19.3 Å². The van der Waals surface area contributed by atoms with Crippen molar-refractivity contribution in [1.29, 1.82) is 0 Å². The lowest BCUT2D eigenvalue weighted by Gasteiger charge is -2.06. The van der Waals surface area contributed by atoms with E-state index in [-0.39, 0.29) is 12.4 Å². The molecule has 0 N–H and O–H groups in total. The van der Waals surface area contributed by atoms with Crippen LogP contribution in [0.3, 0.4) is 0 Å². The lowest BCUT2D eigenvalue weighted by molar-refractivity contribution is -0.178. The number of carbonyl (C=O) groups is 1. The zero-order chi connectivity index (χ0) is 10.4. The molecule has 0 heterocycles. The fourth-order valence-corrected chi connectivity index (χ4v) is 1.05. The second-order valence-electron chi connectivity index (χ2n) is 2.61. The Bertz CT molecular complexity index is 309. The molecule has 0 radical (unpaired) electrons. The standard InChI is InChI=1S/C10H12O4/c1-12-10(11)7-8-5-3-4-6-9(8)14-13-2/h3-6H,7H2,1-2H3. The smallest absolute Gasteiger partial charge is 0.310 e. The Morgan fingerprint density at radius 2 is 2.00 bits per heavy atom. The van der Waals surface area contributed by atoms with Gasteiger partial charge in [-0.15, -0.1) is 0 Å². The van der Waals surface area contributed by atoms with Crippen molar-refractivity contribution in [2.75, 3.05) is 14.2 Å². The Labute approximate surface area is 82.3 Å². The molecular formula is C10H12O4. The Balaban J connectivity index is 2.78. The van der Waals surface area contributed by atoms with Crippen LogP contribution in [0.25, 0.3) is 0 Å². The van der Waals surface area contributed by atoms with Crippen molar-refractivity contribution >= 4 is 5.97 Å². The fourth-order valence-electron chi connectivity index (χ4n) is 1.05. The van der Waals surface area contributed by atoms with Crippen LogP contribution in [0.5, 0.6) is 5.75 Å². The van der Waals surface area contributed by atoms with Gasteiger partial charge in [0, 0.05) is 5.56 Å². The summed E-state index contributed by atoms with van der Waals surface area (Å²) in [6.07, 6.45) is 0.177. The Hall–Kier alpha value is -1.55. The summed E-state index contributed by atoms with van der Waals surface area (Å²) in [4.78, 5) is 20.4. The van der Waals surface area contributed by atoms with Crippen molar-refractivity contribution in [2.45, 2.75) is 6.42 Å². The van der Waals surface area contributed by atoms with E-state index in [0.29, 0.717) is 5.75 Å². The van der Waals surface area contributed by atoms with Crippen LogP contribution in [-0.2, 0) is 20.8 Å². The molecule has 0 aliphatic heterocycles. The monoisotopic (exact) mass is 196 g/mol. The van der Waals surface area contributed by atoms with E-state index in [9.17, 15) is 4.79 Å². The molecule has 0 saturated heterocycles. The van der Waals surface area contributed by atoms with Crippen LogP contribution < -0.4 is 4.89 Å². The average molecular weight is 196 g/mol. The molecule has 4 nitrogen and oxygen atoms in total. The van der Waals surface area contributed by atoms with E-state index in [1.165, 1.54) is 14.2 Å². The molecule has 0 atom stereocenters. The van der Waals surface area contributed by atoms with E-state index in [0.717, 1.165) is 5.56 Å². The number of rotatable bonds is 4. The molecule has 0 aromatic heterocycles. The number of ether oxygens (including phenoxy) is 1. The van der Waals surface area contributed by atoms with Gasteiger partial charge < -0.3 is 9.62 Å². The average Bonchev–Trinajstić information content (AvgIpc) is 2.21. The summed E-state index contributed by atoms with van der Waals surface area (Å²) in [5.41, 5.74) is 0.737. The first-order chi connectivity index (χ1) is 6.77. The van der Waals surface area contributed by atoms with Crippen LogP contribution in [0.15, 0.2) is 24.3 Å². The first-order valence-corrected chi connectivity index (χ1v) is 4.13. The third-order valence-electron chi connectivity index (χ3n) is 1.71. The summed E-state index contributed by atoms with van der Waals surface area (Å²) in [6.45, 7) is 0. The van der Waals surface area contributed by atoms with Gasteiger partial charge in [0.25, 0.3) is 0 Å². The van der Waals surface area contributed by atoms with Gasteiger partial charge in [0.05, 0.1) is 20.6 Å². The molecule has 1 aromatic rings. The molecule has 0 amide bonds.